The number of carbonyl (C=O) groups is 2. The molecule has 1 aromatic carbocycles. The Hall–Kier alpha value is -2.59. The Morgan fingerprint density at radius 2 is 2.07 bits per heavy atom. The van der Waals surface area contributed by atoms with Crippen molar-refractivity contribution in [2.24, 2.45) is 0 Å². The first-order chi connectivity index (χ1) is 12.7. The summed E-state index contributed by atoms with van der Waals surface area (Å²) in [6, 6.07) is 5.99. The van der Waals surface area contributed by atoms with Crippen molar-refractivity contribution in [1.29, 1.82) is 0 Å². The van der Waals surface area contributed by atoms with Crippen molar-refractivity contribution in [1.82, 2.24) is 0 Å². The molecule has 1 fully saturated rings. The van der Waals surface area contributed by atoms with E-state index < -0.39 is 16.0 Å². The van der Waals surface area contributed by atoms with E-state index in [1.165, 1.54) is 19.2 Å². The zero-order valence-electron chi connectivity index (χ0n) is 14.7. The number of nitrogens with one attached hydrogen (secondary N) is 1. The normalized spacial score (nSPS) is 14.4. The summed E-state index contributed by atoms with van der Waals surface area (Å²) < 4.78 is 32.8. The molecule has 1 aromatic heterocycles. The lowest BCUT2D eigenvalue weighted by Crippen LogP contribution is -2.24. The number of carboxylic acid groups (broad SMARTS) is 1. The molecule has 144 valence electrons. The van der Waals surface area contributed by atoms with E-state index in [0.29, 0.717) is 41.3 Å². The number of amides is 1. The van der Waals surface area contributed by atoms with Crippen LogP contribution >= 0.6 is 11.3 Å². The molecule has 0 spiro atoms. The zero-order chi connectivity index (χ0) is 19.8. The van der Waals surface area contributed by atoms with Crippen molar-refractivity contribution in [3.63, 3.8) is 0 Å². The van der Waals surface area contributed by atoms with Crippen LogP contribution in [0.25, 0.3) is 0 Å². The number of carboxylic acids is 1. The van der Waals surface area contributed by atoms with E-state index in [0.717, 1.165) is 6.42 Å². The molecule has 1 amide bonds. The molecule has 0 unspecified atom stereocenters. The van der Waals surface area contributed by atoms with E-state index in [1.54, 1.807) is 24.0 Å². The average Bonchev–Trinajstić information content (AvgIpc) is 3.20. The molecule has 27 heavy (non-hydrogen) atoms. The number of ether oxygens (including phenoxy) is 1. The highest BCUT2D eigenvalue weighted by Crippen LogP contribution is 2.35. The minimum atomic E-state index is -3.95. The van der Waals surface area contributed by atoms with Crippen molar-refractivity contribution < 1.29 is 27.9 Å². The first-order valence-corrected chi connectivity index (χ1v) is 10.4. The Morgan fingerprint density at radius 3 is 2.63 bits per heavy atom. The van der Waals surface area contributed by atoms with Gasteiger partial charge in [0.1, 0.15) is 14.8 Å². The number of anilines is 2. The second-order valence-electron chi connectivity index (χ2n) is 6.02. The summed E-state index contributed by atoms with van der Waals surface area (Å²) in [4.78, 5) is 24.7. The van der Waals surface area contributed by atoms with Crippen molar-refractivity contribution >= 4 is 44.6 Å². The third-order valence-electron chi connectivity index (χ3n) is 4.15. The Balaban J connectivity index is 1.89. The van der Waals surface area contributed by atoms with Gasteiger partial charge in [-0.2, -0.15) is 0 Å². The number of hydrogen-bond acceptors (Lipinski definition) is 6. The fourth-order valence-electron chi connectivity index (χ4n) is 2.87. The van der Waals surface area contributed by atoms with Crippen LogP contribution in [0.15, 0.2) is 28.5 Å². The van der Waals surface area contributed by atoms with Gasteiger partial charge in [-0.15, -0.1) is 11.3 Å². The van der Waals surface area contributed by atoms with Gasteiger partial charge in [0, 0.05) is 19.0 Å². The van der Waals surface area contributed by atoms with Crippen LogP contribution in [0.5, 0.6) is 5.75 Å². The third-order valence-corrected chi connectivity index (χ3v) is 7.23. The van der Waals surface area contributed by atoms with E-state index in [1.807, 2.05) is 0 Å². The predicted molar refractivity (Wildman–Crippen MR) is 101 cm³/mol. The number of nitrogens with zero attached hydrogens (tertiary/aromatic N) is 1. The van der Waals surface area contributed by atoms with Gasteiger partial charge in [0.2, 0.25) is 5.91 Å². The summed E-state index contributed by atoms with van der Waals surface area (Å²) in [6.45, 7) is 2.14. The molecule has 8 nitrogen and oxygen atoms in total. The van der Waals surface area contributed by atoms with Crippen molar-refractivity contribution in [3.05, 3.63) is 34.7 Å². The molecule has 0 radical (unpaired) electrons. The van der Waals surface area contributed by atoms with Crippen LogP contribution in [0, 0.1) is 6.92 Å². The quantitative estimate of drug-likeness (QED) is 0.757. The van der Waals surface area contributed by atoms with Gasteiger partial charge in [-0.3, -0.25) is 9.52 Å². The van der Waals surface area contributed by atoms with Crippen LogP contribution in [-0.4, -0.2) is 39.1 Å². The second-order valence-corrected chi connectivity index (χ2v) is 8.99. The van der Waals surface area contributed by atoms with Crippen molar-refractivity contribution in [3.8, 4) is 5.75 Å². The average molecular weight is 410 g/mol. The summed E-state index contributed by atoms with van der Waals surface area (Å²) in [5, 5.41) is 9.11. The summed E-state index contributed by atoms with van der Waals surface area (Å²) in [5.41, 5.74) is 1.22. The van der Waals surface area contributed by atoms with Crippen LogP contribution in [0.3, 0.4) is 0 Å². The Morgan fingerprint density at radius 1 is 1.33 bits per heavy atom. The monoisotopic (exact) mass is 410 g/mol. The number of hydrogen-bond donors (Lipinski definition) is 2. The third kappa shape index (κ3) is 3.76. The molecule has 10 heteroatoms. The standard InChI is InChI=1S/C17H18N2O6S2/c1-10-8-15(26-16(10)17(21)22)27(23,24)18-11-5-6-12(13(9-11)25-2)19-7-3-4-14(19)20/h5-6,8-9,18H,3-4,7H2,1-2H3,(H,21,22). The molecule has 2 N–H and O–H groups in total. The lowest BCUT2D eigenvalue weighted by Gasteiger charge is -2.19. The largest absolute Gasteiger partial charge is 0.494 e. The number of sulfonamides is 1. The molecule has 1 saturated heterocycles. The lowest BCUT2D eigenvalue weighted by molar-refractivity contribution is -0.117. The number of thiophene rings is 1. The maximum absolute atomic E-state index is 12.6. The highest BCUT2D eigenvalue weighted by molar-refractivity contribution is 7.94. The number of benzene rings is 1. The number of carbonyl (C=O) groups excluding carboxylic acids is 1. The maximum atomic E-state index is 12.6. The first-order valence-electron chi connectivity index (χ1n) is 8.08. The van der Waals surface area contributed by atoms with Crippen LogP contribution in [0.4, 0.5) is 11.4 Å². The van der Waals surface area contributed by atoms with Gasteiger partial charge in [-0.05, 0) is 37.1 Å². The Labute approximate surface area is 160 Å². The number of methoxy groups -OCH3 is 1. The summed E-state index contributed by atoms with van der Waals surface area (Å²) >= 11 is 0.693. The Kier molecular flexibility index (Phi) is 5.11. The minimum Gasteiger partial charge on any atom is -0.494 e. The molecular formula is C17H18N2O6S2. The van der Waals surface area contributed by atoms with Gasteiger partial charge in [0.25, 0.3) is 10.0 Å². The van der Waals surface area contributed by atoms with Gasteiger partial charge < -0.3 is 14.7 Å². The molecular weight excluding hydrogens is 392 g/mol. The van der Waals surface area contributed by atoms with E-state index in [2.05, 4.69) is 4.72 Å². The van der Waals surface area contributed by atoms with E-state index >= 15 is 0 Å². The SMILES string of the molecule is COc1cc(NS(=O)(=O)c2cc(C)c(C(=O)O)s2)ccc1N1CCCC1=O. The molecule has 1 aliphatic rings. The van der Waals surface area contributed by atoms with E-state index in [9.17, 15) is 18.0 Å². The number of aromatic carboxylic acids is 1. The van der Waals surface area contributed by atoms with Gasteiger partial charge in [-0.25, -0.2) is 13.2 Å². The maximum Gasteiger partial charge on any atom is 0.346 e. The van der Waals surface area contributed by atoms with Crippen molar-refractivity contribution in [2.45, 2.75) is 24.0 Å². The summed E-state index contributed by atoms with van der Waals surface area (Å²) in [7, 11) is -2.50. The number of aryl methyl sites for hydroxylation is 1. The topological polar surface area (TPSA) is 113 Å². The molecule has 0 bridgehead atoms. The van der Waals surface area contributed by atoms with Crippen LogP contribution in [0.2, 0.25) is 0 Å². The van der Waals surface area contributed by atoms with E-state index in [-0.39, 0.29) is 20.7 Å². The highest BCUT2D eigenvalue weighted by atomic mass is 32.2. The first kappa shape index (κ1) is 19.2. The molecule has 2 aromatic rings. The van der Waals surface area contributed by atoms with Crippen LogP contribution in [0.1, 0.15) is 28.1 Å². The van der Waals surface area contributed by atoms with Crippen LogP contribution < -0.4 is 14.4 Å². The van der Waals surface area contributed by atoms with Crippen LogP contribution in [-0.2, 0) is 14.8 Å². The smallest absolute Gasteiger partial charge is 0.346 e. The molecule has 3 rings (SSSR count). The van der Waals surface area contributed by atoms with Gasteiger partial charge in [0.05, 0.1) is 18.5 Å². The number of rotatable bonds is 6. The van der Waals surface area contributed by atoms with Crippen molar-refractivity contribution in [2.75, 3.05) is 23.3 Å². The van der Waals surface area contributed by atoms with E-state index in [4.69, 9.17) is 9.84 Å². The van der Waals surface area contributed by atoms with Gasteiger partial charge in [0.15, 0.2) is 0 Å². The second kappa shape index (κ2) is 7.20. The Bertz CT molecular complexity index is 1010. The zero-order valence-corrected chi connectivity index (χ0v) is 16.3. The summed E-state index contributed by atoms with van der Waals surface area (Å²) in [6.07, 6.45) is 1.24. The molecule has 0 atom stereocenters. The van der Waals surface area contributed by atoms with Gasteiger partial charge in [-0.1, -0.05) is 0 Å². The highest BCUT2D eigenvalue weighted by Gasteiger charge is 2.26. The molecule has 0 aliphatic carbocycles. The lowest BCUT2D eigenvalue weighted by atomic mass is 10.2. The van der Waals surface area contributed by atoms with Gasteiger partial charge >= 0.3 is 5.97 Å². The molecule has 0 saturated carbocycles. The fraction of sp³-hybridized carbons (Fsp3) is 0.294. The predicted octanol–water partition coefficient (Wildman–Crippen LogP) is 2.69. The summed E-state index contributed by atoms with van der Waals surface area (Å²) in [5.74, 6) is -0.795. The molecule has 1 aliphatic heterocycles. The minimum absolute atomic E-state index is 0.00288. The fourth-order valence-corrected chi connectivity index (χ4v) is 5.30. The molecule has 2 heterocycles.